The average Bonchev–Trinajstić information content (AvgIpc) is 2.47. The molecule has 20 heavy (non-hydrogen) atoms. The minimum absolute atomic E-state index is 0.165. The zero-order valence-corrected chi connectivity index (χ0v) is 13.3. The van der Waals surface area contributed by atoms with Crippen LogP contribution in [0.5, 0.6) is 0 Å². The Hall–Kier alpha value is -0.580. The Bertz CT molecular complexity index is 333. The van der Waals surface area contributed by atoms with Crippen LogP contribution in [0.1, 0.15) is 31.2 Å². The summed E-state index contributed by atoms with van der Waals surface area (Å²) in [6.07, 6.45) is 2.34. The van der Waals surface area contributed by atoms with E-state index in [1.54, 1.807) is 19.2 Å². The van der Waals surface area contributed by atoms with Crippen LogP contribution in [-0.2, 0) is 4.74 Å². The molecule has 1 aromatic carbocycles. The van der Waals surface area contributed by atoms with E-state index >= 15 is 0 Å². The highest BCUT2D eigenvalue weighted by Gasteiger charge is 2.11. The van der Waals surface area contributed by atoms with E-state index < -0.39 is 0 Å². The second-order valence-corrected chi connectivity index (χ2v) is 6.18. The maximum Gasteiger partial charge on any atom is 0.123 e. The summed E-state index contributed by atoms with van der Waals surface area (Å²) in [5.41, 5.74) is 1.22. The summed E-state index contributed by atoms with van der Waals surface area (Å²) in [5, 5.41) is 3.41. The van der Waals surface area contributed by atoms with Gasteiger partial charge in [-0.1, -0.05) is 19.1 Å². The van der Waals surface area contributed by atoms with Gasteiger partial charge in [0.05, 0.1) is 6.61 Å². The molecule has 0 aliphatic carbocycles. The standard InChI is InChI=1S/C16H26FNOS/c1-3-20-12-4-5-15(13-18-10-11-19-2)14-6-8-16(17)9-7-14/h6-9,15,18H,3-5,10-13H2,1-2H3. The minimum Gasteiger partial charge on any atom is -0.383 e. The van der Waals surface area contributed by atoms with Gasteiger partial charge in [0.25, 0.3) is 0 Å². The SMILES string of the molecule is CCSCCCC(CNCCOC)c1ccc(F)cc1. The van der Waals surface area contributed by atoms with Crippen molar-refractivity contribution in [2.24, 2.45) is 0 Å². The van der Waals surface area contributed by atoms with Gasteiger partial charge in [0.1, 0.15) is 5.82 Å². The smallest absolute Gasteiger partial charge is 0.123 e. The summed E-state index contributed by atoms with van der Waals surface area (Å²) in [7, 11) is 1.71. The lowest BCUT2D eigenvalue weighted by Gasteiger charge is -2.18. The van der Waals surface area contributed by atoms with Crippen LogP contribution in [0.25, 0.3) is 0 Å². The van der Waals surface area contributed by atoms with E-state index in [1.165, 1.54) is 23.5 Å². The van der Waals surface area contributed by atoms with Gasteiger partial charge < -0.3 is 10.1 Å². The van der Waals surface area contributed by atoms with E-state index in [9.17, 15) is 4.39 Å². The highest BCUT2D eigenvalue weighted by molar-refractivity contribution is 7.99. The Kier molecular flexibility index (Phi) is 9.71. The maximum absolute atomic E-state index is 13.0. The van der Waals surface area contributed by atoms with Gasteiger partial charge in [-0.2, -0.15) is 11.8 Å². The van der Waals surface area contributed by atoms with Gasteiger partial charge in [0.15, 0.2) is 0 Å². The molecule has 0 spiro atoms. The quantitative estimate of drug-likeness (QED) is 0.630. The summed E-state index contributed by atoms with van der Waals surface area (Å²) in [6, 6.07) is 6.92. The van der Waals surface area contributed by atoms with E-state index in [4.69, 9.17) is 4.74 Å². The van der Waals surface area contributed by atoms with E-state index in [0.29, 0.717) is 5.92 Å². The number of hydrogen-bond acceptors (Lipinski definition) is 3. The van der Waals surface area contributed by atoms with Crippen molar-refractivity contribution < 1.29 is 9.13 Å². The normalized spacial score (nSPS) is 12.6. The van der Waals surface area contributed by atoms with Crippen molar-refractivity contribution in [1.29, 1.82) is 0 Å². The van der Waals surface area contributed by atoms with E-state index in [-0.39, 0.29) is 5.82 Å². The Morgan fingerprint density at radius 1 is 1.30 bits per heavy atom. The molecule has 0 saturated carbocycles. The third kappa shape index (κ3) is 7.27. The van der Waals surface area contributed by atoms with Crippen LogP contribution in [0.15, 0.2) is 24.3 Å². The largest absolute Gasteiger partial charge is 0.383 e. The Morgan fingerprint density at radius 3 is 2.70 bits per heavy atom. The van der Waals surface area contributed by atoms with Gasteiger partial charge in [-0.05, 0) is 48.0 Å². The molecule has 1 aromatic rings. The van der Waals surface area contributed by atoms with E-state index in [2.05, 4.69) is 12.2 Å². The zero-order chi connectivity index (χ0) is 14.6. The molecule has 4 heteroatoms. The van der Waals surface area contributed by atoms with Crippen LogP contribution in [-0.4, -0.2) is 38.3 Å². The number of methoxy groups -OCH3 is 1. The molecule has 0 fully saturated rings. The van der Waals surface area contributed by atoms with Crippen LogP contribution in [0.2, 0.25) is 0 Å². The minimum atomic E-state index is -0.165. The molecule has 2 nitrogen and oxygen atoms in total. The first-order valence-electron chi connectivity index (χ1n) is 7.30. The number of hydrogen-bond donors (Lipinski definition) is 1. The fourth-order valence-electron chi connectivity index (χ4n) is 2.15. The molecule has 0 aliphatic rings. The second kappa shape index (κ2) is 11.1. The van der Waals surface area contributed by atoms with Crippen LogP contribution in [0.3, 0.4) is 0 Å². The third-order valence-electron chi connectivity index (χ3n) is 3.26. The van der Waals surface area contributed by atoms with Crippen molar-refractivity contribution in [3.05, 3.63) is 35.6 Å². The van der Waals surface area contributed by atoms with Crippen molar-refractivity contribution in [2.45, 2.75) is 25.7 Å². The summed E-state index contributed by atoms with van der Waals surface area (Å²) in [4.78, 5) is 0. The highest BCUT2D eigenvalue weighted by Crippen LogP contribution is 2.22. The number of ether oxygens (including phenoxy) is 1. The van der Waals surface area contributed by atoms with E-state index in [0.717, 1.165) is 26.1 Å². The molecule has 114 valence electrons. The lowest BCUT2D eigenvalue weighted by Crippen LogP contribution is -2.25. The number of nitrogens with one attached hydrogen (secondary N) is 1. The molecule has 1 rings (SSSR count). The Labute approximate surface area is 126 Å². The Morgan fingerprint density at radius 2 is 2.05 bits per heavy atom. The molecule has 0 heterocycles. The third-order valence-corrected chi connectivity index (χ3v) is 4.25. The first-order valence-corrected chi connectivity index (χ1v) is 8.46. The first-order chi connectivity index (χ1) is 9.77. The summed E-state index contributed by atoms with van der Waals surface area (Å²) >= 11 is 1.98. The van der Waals surface area contributed by atoms with Gasteiger partial charge in [-0.25, -0.2) is 4.39 Å². The van der Waals surface area contributed by atoms with E-state index in [1.807, 2.05) is 23.9 Å². The van der Waals surface area contributed by atoms with Gasteiger partial charge in [-0.15, -0.1) is 0 Å². The second-order valence-electron chi connectivity index (χ2n) is 4.78. The van der Waals surface area contributed by atoms with Crippen LogP contribution in [0.4, 0.5) is 4.39 Å². The molecule has 0 saturated heterocycles. The topological polar surface area (TPSA) is 21.3 Å². The monoisotopic (exact) mass is 299 g/mol. The van der Waals surface area contributed by atoms with Crippen molar-refractivity contribution in [3.63, 3.8) is 0 Å². The lowest BCUT2D eigenvalue weighted by atomic mass is 9.94. The molecular formula is C16H26FNOS. The van der Waals surface area contributed by atoms with Crippen molar-refractivity contribution in [1.82, 2.24) is 5.32 Å². The molecule has 0 amide bonds. The molecule has 1 atom stereocenters. The van der Waals surface area contributed by atoms with Gasteiger partial charge in [-0.3, -0.25) is 0 Å². The van der Waals surface area contributed by atoms with Crippen molar-refractivity contribution in [2.75, 3.05) is 38.3 Å². The van der Waals surface area contributed by atoms with Crippen LogP contribution < -0.4 is 5.32 Å². The summed E-state index contributed by atoms with van der Waals surface area (Å²) < 4.78 is 18.1. The molecule has 1 N–H and O–H groups in total. The number of benzene rings is 1. The molecule has 0 aliphatic heterocycles. The zero-order valence-electron chi connectivity index (χ0n) is 12.5. The fourth-order valence-corrected chi connectivity index (χ4v) is 2.81. The molecule has 0 radical (unpaired) electrons. The number of thioether (sulfide) groups is 1. The predicted octanol–water partition coefficient (Wildman–Crippen LogP) is 3.68. The first kappa shape index (κ1) is 17.5. The Balaban J connectivity index is 2.47. The highest BCUT2D eigenvalue weighted by atomic mass is 32.2. The summed E-state index contributed by atoms with van der Waals surface area (Å²) in [5.74, 6) is 2.66. The lowest BCUT2D eigenvalue weighted by molar-refractivity contribution is 0.198. The average molecular weight is 299 g/mol. The molecule has 0 aromatic heterocycles. The maximum atomic E-state index is 13.0. The summed E-state index contributed by atoms with van der Waals surface area (Å²) in [6.45, 7) is 4.69. The molecule has 0 bridgehead atoms. The number of halogens is 1. The van der Waals surface area contributed by atoms with Gasteiger partial charge in [0.2, 0.25) is 0 Å². The van der Waals surface area contributed by atoms with Gasteiger partial charge in [0, 0.05) is 20.2 Å². The molecular weight excluding hydrogens is 273 g/mol. The fraction of sp³-hybridized carbons (Fsp3) is 0.625. The van der Waals surface area contributed by atoms with Crippen molar-refractivity contribution in [3.8, 4) is 0 Å². The van der Waals surface area contributed by atoms with Crippen molar-refractivity contribution >= 4 is 11.8 Å². The van der Waals surface area contributed by atoms with Gasteiger partial charge >= 0.3 is 0 Å². The number of rotatable bonds is 11. The molecule has 1 unspecified atom stereocenters. The predicted molar refractivity (Wildman–Crippen MR) is 86.1 cm³/mol. The van der Waals surface area contributed by atoms with Crippen LogP contribution >= 0.6 is 11.8 Å². The van der Waals surface area contributed by atoms with Crippen LogP contribution in [0, 0.1) is 5.82 Å².